The van der Waals surface area contributed by atoms with Crippen molar-refractivity contribution < 1.29 is 4.79 Å². The van der Waals surface area contributed by atoms with Gasteiger partial charge in [-0.15, -0.1) is 0 Å². The van der Waals surface area contributed by atoms with Gasteiger partial charge in [0.25, 0.3) is 5.91 Å². The van der Waals surface area contributed by atoms with E-state index in [4.69, 9.17) is 0 Å². The molecule has 23 heavy (non-hydrogen) atoms. The Bertz CT molecular complexity index is 732. The number of nitrogens with one attached hydrogen (secondary N) is 2. The number of carbonyl (C=O) groups is 1. The summed E-state index contributed by atoms with van der Waals surface area (Å²) in [6.07, 6.45) is 2.39. The number of carbonyl (C=O) groups excluding carboxylic acids is 1. The highest BCUT2D eigenvalue weighted by Gasteiger charge is 2.32. The largest absolute Gasteiger partial charge is 0.379 e. The summed E-state index contributed by atoms with van der Waals surface area (Å²) in [6, 6.07) is 10.2. The van der Waals surface area contributed by atoms with Gasteiger partial charge >= 0.3 is 0 Å². The molecular formula is C18H22N4O. The zero-order valence-corrected chi connectivity index (χ0v) is 13.5. The number of rotatable bonds is 3. The zero-order chi connectivity index (χ0) is 16.0. The van der Waals surface area contributed by atoms with Gasteiger partial charge in [-0.05, 0) is 37.0 Å². The molecule has 1 aliphatic heterocycles. The summed E-state index contributed by atoms with van der Waals surface area (Å²) in [5, 5.41) is 10.8. The van der Waals surface area contributed by atoms with Gasteiger partial charge < -0.3 is 10.2 Å². The molecule has 4 rings (SSSR count). The van der Waals surface area contributed by atoms with Crippen molar-refractivity contribution in [3.05, 3.63) is 41.7 Å². The Balaban J connectivity index is 1.66. The van der Waals surface area contributed by atoms with Gasteiger partial charge in [0.05, 0.1) is 11.4 Å². The molecule has 1 aliphatic carbocycles. The third-order valence-electron chi connectivity index (χ3n) is 4.80. The van der Waals surface area contributed by atoms with Gasteiger partial charge in [-0.25, -0.2) is 0 Å². The molecule has 1 atom stereocenters. The molecule has 0 bridgehead atoms. The maximum Gasteiger partial charge on any atom is 0.278 e. The number of H-pyrrole nitrogens is 1. The monoisotopic (exact) mass is 310 g/mol. The first-order valence-corrected chi connectivity index (χ1v) is 8.36. The highest BCUT2D eigenvalue weighted by Crippen LogP contribution is 2.39. The quantitative estimate of drug-likeness (QED) is 0.913. The van der Waals surface area contributed by atoms with Crippen molar-refractivity contribution in [1.82, 2.24) is 10.2 Å². The van der Waals surface area contributed by atoms with E-state index >= 15 is 0 Å². The van der Waals surface area contributed by atoms with Crippen LogP contribution in [0.2, 0.25) is 0 Å². The summed E-state index contributed by atoms with van der Waals surface area (Å²) in [6.45, 7) is 5.02. The van der Waals surface area contributed by atoms with Crippen LogP contribution in [0.15, 0.2) is 30.3 Å². The number of amides is 1. The van der Waals surface area contributed by atoms with Crippen LogP contribution in [0.4, 0.5) is 11.4 Å². The lowest BCUT2D eigenvalue weighted by Crippen LogP contribution is -2.47. The standard InChI is InChI=1S/C18H22N4O/c1-11(2)16-10-22(17-6-4-3-5-13(17)19-16)18(23)15-9-14(20-21-15)12-7-8-12/h3-6,9,11-12,16,19H,7-8,10H2,1-2H3,(H,20,21)/t16-/m1/s1. The molecule has 5 heteroatoms. The molecule has 2 aromatic rings. The molecule has 2 N–H and O–H groups in total. The van der Waals surface area contributed by atoms with Gasteiger partial charge in [-0.3, -0.25) is 9.89 Å². The molecule has 1 aromatic heterocycles. The Morgan fingerprint density at radius 3 is 2.83 bits per heavy atom. The molecular weight excluding hydrogens is 288 g/mol. The van der Waals surface area contributed by atoms with Crippen LogP contribution in [0, 0.1) is 5.92 Å². The van der Waals surface area contributed by atoms with Crippen molar-refractivity contribution in [3.63, 3.8) is 0 Å². The maximum absolute atomic E-state index is 13.0. The molecule has 120 valence electrons. The van der Waals surface area contributed by atoms with Gasteiger partial charge in [0.1, 0.15) is 0 Å². The van der Waals surface area contributed by atoms with Gasteiger partial charge in [0.15, 0.2) is 5.69 Å². The first-order chi connectivity index (χ1) is 11.1. The second-order valence-corrected chi connectivity index (χ2v) is 6.91. The number of aromatic amines is 1. The SMILES string of the molecule is CC(C)[C@H]1CN(C(=O)c2cc(C3CC3)[nH]n2)c2ccccc2N1. The lowest BCUT2D eigenvalue weighted by atomic mass is 9.99. The van der Waals surface area contributed by atoms with Gasteiger partial charge in [0.2, 0.25) is 0 Å². The summed E-state index contributed by atoms with van der Waals surface area (Å²) in [5.41, 5.74) is 3.57. The summed E-state index contributed by atoms with van der Waals surface area (Å²) in [5.74, 6) is 0.996. The first-order valence-electron chi connectivity index (χ1n) is 8.36. The Labute approximate surface area is 136 Å². The third-order valence-corrected chi connectivity index (χ3v) is 4.80. The minimum absolute atomic E-state index is 0.0206. The van der Waals surface area contributed by atoms with Crippen LogP contribution in [-0.4, -0.2) is 28.7 Å². The predicted molar refractivity (Wildman–Crippen MR) is 90.9 cm³/mol. The van der Waals surface area contributed by atoms with Crippen molar-refractivity contribution >= 4 is 17.3 Å². The number of benzene rings is 1. The number of hydrogen-bond acceptors (Lipinski definition) is 3. The fraction of sp³-hybridized carbons (Fsp3) is 0.444. The molecule has 5 nitrogen and oxygen atoms in total. The van der Waals surface area contributed by atoms with E-state index in [1.54, 1.807) is 0 Å². The average Bonchev–Trinajstić information content (AvgIpc) is 3.30. The molecule has 0 unspecified atom stereocenters. The van der Waals surface area contributed by atoms with E-state index in [1.807, 2.05) is 35.2 Å². The summed E-state index contributed by atoms with van der Waals surface area (Å²) in [4.78, 5) is 14.9. The number of anilines is 2. The molecule has 0 radical (unpaired) electrons. The normalized spacial score (nSPS) is 20.3. The number of nitrogens with zero attached hydrogens (tertiary/aromatic N) is 2. The highest BCUT2D eigenvalue weighted by atomic mass is 16.2. The molecule has 1 fully saturated rings. The molecule has 0 spiro atoms. The number of para-hydroxylation sites is 2. The van der Waals surface area contributed by atoms with Crippen LogP contribution in [0.1, 0.15) is 48.8 Å². The smallest absolute Gasteiger partial charge is 0.278 e. The minimum atomic E-state index is -0.0206. The van der Waals surface area contributed by atoms with Crippen molar-refractivity contribution in [1.29, 1.82) is 0 Å². The lowest BCUT2D eigenvalue weighted by molar-refractivity contribution is 0.0979. The lowest BCUT2D eigenvalue weighted by Gasteiger charge is -2.37. The Morgan fingerprint density at radius 1 is 1.30 bits per heavy atom. The number of fused-ring (bicyclic) bond motifs is 1. The van der Waals surface area contributed by atoms with Crippen LogP contribution in [0.5, 0.6) is 0 Å². The Kier molecular flexibility index (Phi) is 3.36. The summed E-state index contributed by atoms with van der Waals surface area (Å²) < 4.78 is 0. The van der Waals surface area contributed by atoms with Gasteiger partial charge in [-0.2, -0.15) is 5.10 Å². The van der Waals surface area contributed by atoms with Crippen LogP contribution in [0.3, 0.4) is 0 Å². The van der Waals surface area contributed by atoms with Crippen molar-refractivity contribution in [2.24, 2.45) is 5.92 Å². The van der Waals surface area contributed by atoms with Gasteiger partial charge in [0, 0.05) is 24.2 Å². The second kappa shape index (κ2) is 5.41. The predicted octanol–water partition coefficient (Wildman–Crippen LogP) is 3.38. The molecule has 1 amide bonds. The molecule has 1 aromatic carbocycles. The second-order valence-electron chi connectivity index (χ2n) is 6.91. The van der Waals surface area contributed by atoms with Crippen LogP contribution in [-0.2, 0) is 0 Å². The van der Waals surface area contributed by atoms with Crippen molar-refractivity contribution in [2.45, 2.75) is 38.6 Å². The minimum Gasteiger partial charge on any atom is -0.379 e. The maximum atomic E-state index is 13.0. The topological polar surface area (TPSA) is 61.0 Å². The van der Waals surface area contributed by atoms with Crippen molar-refractivity contribution in [2.75, 3.05) is 16.8 Å². The van der Waals surface area contributed by atoms with E-state index in [-0.39, 0.29) is 11.9 Å². The Morgan fingerprint density at radius 2 is 2.09 bits per heavy atom. The van der Waals surface area contributed by atoms with Crippen molar-refractivity contribution in [3.8, 4) is 0 Å². The fourth-order valence-corrected chi connectivity index (χ4v) is 3.13. The van der Waals surface area contributed by atoms with E-state index in [2.05, 4.69) is 29.4 Å². The fourth-order valence-electron chi connectivity index (χ4n) is 3.13. The summed E-state index contributed by atoms with van der Waals surface area (Å²) >= 11 is 0. The molecule has 2 heterocycles. The van der Waals surface area contributed by atoms with Gasteiger partial charge in [-0.1, -0.05) is 26.0 Å². The van der Waals surface area contributed by atoms with Crippen LogP contribution in [0.25, 0.3) is 0 Å². The highest BCUT2D eigenvalue weighted by molar-refractivity contribution is 6.07. The van der Waals surface area contributed by atoms with E-state index in [9.17, 15) is 4.79 Å². The van der Waals surface area contributed by atoms with E-state index in [0.29, 0.717) is 24.1 Å². The number of hydrogen-bond donors (Lipinski definition) is 2. The molecule has 0 saturated heterocycles. The summed E-state index contributed by atoms with van der Waals surface area (Å²) in [7, 11) is 0. The van der Waals surface area contributed by atoms with Crippen LogP contribution >= 0.6 is 0 Å². The Hall–Kier alpha value is -2.30. The third kappa shape index (κ3) is 2.60. The first kappa shape index (κ1) is 14.3. The van der Waals surface area contributed by atoms with E-state index in [1.165, 1.54) is 12.8 Å². The van der Waals surface area contributed by atoms with E-state index < -0.39 is 0 Å². The molecule has 1 saturated carbocycles. The molecule has 2 aliphatic rings. The average molecular weight is 310 g/mol. The number of aromatic nitrogens is 2. The zero-order valence-electron chi connectivity index (χ0n) is 13.5. The van der Waals surface area contributed by atoms with E-state index in [0.717, 1.165) is 17.1 Å². The van der Waals surface area contributed by atoms with Crippen LogP contribution < -0.4 is 10.2 Å².